The van der Waals surface area contributed by atoms with Crippen LogP contribution in [-0.4, -0.2) is 32.1 Å². The van der Waals surface area contributed by atoms with Crippen LogP contribution in [0.5, 0.6) is 5.75 Å². The molecule has 20 heavy (non-hydrogen) atoms. The number of hydrogen-bond donors (Lipinski definition) is 2. The van der Waals surface area contributed by atoms with Gasteiger partial charge in [0.25, 0.3) is 0 Å². The van der Waals surface area contributed by atoms with E-state index in [0.717, 1.165) is 22.7 Å². The van der Waals surface area contributed by atoms with E-state index in [4.69, 9.17) is 17.0 Å². The Morgan fingerprint density at radius 1 is 1.30 bits per heavy atom. The molecule has 0 spiro atoms. The molecular weight excluding hydrogens is 274 g/mol. The lowest BCUT2D eigenvalue weighted by molar-refractivity contribution is 0.414. The maximum atomic E-state index is 5.23. The monoisotopic (exact) mass is 287 g/mol. The maximum absolute atomic E-state index is 5.23. The highest BCUT2D eigenvalue weighted by molar-refractivity contribution is 7.71. The van der Waals surface area contributed by atoms with Gasteiger partial charge in [0, 0.05) is 6.07 Å². The van der Waals surface area contributed by atoms with Gasteiger partial charge < -0.3 is 4.74 Å². The van der Waals surface area contributed by atoms with Crippen LogP contribution < -0.4 is 4.74 Å². The molecule has 0 saturated heterocycles. The largest absolute Gasteiger partial charge is 0.497 e. The van der Waals surface area contributed by atoms with E-state index >= 15 is 0 Å². The number of H-pyrrole nitrogens is 2. The van der Waals surface area contributed by atoms with E-state index in [1.165, 1.54) is 0 Å². The molecule has 0 bridgehead atoms. The molecular formula is C13H13N5OS. The second-order valence-electron chi connectivity index (χ2n) is 4.27. The van der Waals surface area contributed by atoms with Crippen molar-refractivity contribution in [3.05, 3.63) is 40.9 Å². The van der Waals surface area contributed by atoms with Gasteiger partial charge in [-0.25, -0.2) is 4.68 Å². The predicted octanol–water partition coefficient (Wildman–Crippen LogP) is 2.64. The van der Waals surface area contributed by atoms with Crippen molar-refractivity contribution < 1.29 is 4.74 Å². The van der Waals surface area contributed by atoms with Crippen molar-refractivity contribution >= 4 is 12.2 Å². The van der Waals surface area contributed by atoms with Crippen LogP contribution in [0.15, 0.2) is 30.5 Å². The Labute approximate surface area is 120 Å². The van der Waals surface area contributed by atoms with Gasteiger partial charge in [0.05, 0.1) is 30.3 Å². The van der Waals surface area contributed by atoms with Crippen LogP contribution in [0.3, 0.4) is 0 Å². The predicted molar refractivity (Wildman–Crippen MR) is 77.6 cm³/mol. The molecule has 0 amide bonds. The smallest absolute Gasteiger partial charge is 0.213 e. The van der Waals surface area contributed by atoms with E-state index in [1.807, 2.05) is 35.9 Å². The van der Waals surface area contributed by atoms with Crippen LogP contribution in [-0.2, 0) is 0 Å². The standard InChI is InChI=1S/C13H13N5OS/c1-8-11(12-15-13(20)17-16-12)7-14-18(8)9-4-3-5-10(6-9)19-2/h3-7H,1-2H3,(H2,15,16,17,20). The van der Waals surface area contributed by atoms with Gasteiger partial charge in [-0.2, -0.15) is 10.1 Å². The molecule has 1 aromatic carbocycles. The van der Waals surface area contributed by atoms with Crippen molar-refractivity contribution in [2.75, 3.05) is 7.11 Å². The van der Waals surface area contributed by atoms with Gasteiger partial charge in [-0.1, -0.05) is 6.07 Å². The van der Waals surface area contributed by atoms with Gasteiger partial charge in [0.1, 0.15) is 5.75 Å². The van der Waals surface area contributed by atoms with Crippen LogP contribution in [0.25, 0.3) is 17.1 Å². The maximum Gasteiger partial charge on any atom is 0.213 e. The first-order valence-electron chi connectivity index (χ1n) is 6.03. The molecule has 102 valence electrons. The van der Waals surface area contributed by atoms with Crippen molar-refractivity contribution in [1.29, 1.82) is 0 Å². The van der Waals surface area contributed by atoms with Gasteiger partial charge in [-0.15, -0.1) is 0 Å². The summed E-state index contributed by atoms with van der Waals surface area (Å²) in [5, 5.41) is 10.1. The molecule has 2 heterocycles. The SMILES string of the molecule is COc1cccc(-n2ncc(-c3nc(=S)[nH][nH]3)c2C)c1. The van der Waals surface area contributed by atoms with E-state index in [0.29, 0.717) is 10.6 Å². The number of benzene rings is 1. The third kappa shape index (κ3) is 2.12. The molecule has 3 aromatic rings. The quantitative estimate of drug-likeness (QED) is 0.726. The van der Waals surface area contributed by atoms with Gasteiger partial charge in [0.2, 0.25) is 4.77 Å². The number of aromatic nitrogens is 5. The number of nitrogens with zero attached hydrogens (tertiary/aromatic N) is 3. The summed E-state index contributed by atoms with van der Waals surface area (Å²) in [6, 6.07) is 7.72. The molecule has 2 aromatic heterocycles. The topological polar surface area (TPSA) is 71.5 Å². The average Bonchev–Trinajstić information content (AvgIpc) is 3.05. The van der Waals surface area contributed by atoms with Crippen LogP contribution in [0, 0.1) is 11.7 Å². The first-order valence-corrected chi connectivity index (χ1v) is 6.44. The van der Waals surface area contributed by atoms with E-state index < -0.39 is 0 Å². The first kappa shape index (κ1) is 12.6. The summed E-state index contributed by atoms with van der Waals surface area (Å²) in [5.41, 5.74) is 2.80. The molecule has 0 unspecified atom stereocenters. The fourth-order valence-corrected chi connectivity index (χ4v) is 2.18. The summed E-state index contributed by atoms with van der Waals surface area (Å²) in [5.74, 6) is 1.47. The normalized spacial score (nSPS) is 10.7. The molecule has 0 aliphatic carbocycles. The first-order chi connectivity index (χ1) is 9.69. The van der Waals surface area contributed by atoms with Crippen molar-refractivity contribution in [3.63, 3.8) is 0 Å². The lowest BCUT2D eigenvalue weighted by atomic mass is 10.2. The van der Waals surface area contributed by atoms with E-state index in [2.05, 4.69) is 20.3 Å². The molecule has 0 fully saturated rings. The van der Waals surface area contributed by atoms with Crippen LogP contribution in [0.4, 0.5) is 0 Å². The zero-order valence-corrected chi connectivity index (χ0v) is 11.9. The lowest BCUT2D eigenvalue weighted by Crippen LogP contribution is -1.99. The fourth-order valence-electron chi connectivity index (χ4n) is 2.04. The Morgan fingerprint density at radius 2 is 2.15 bits per heavy atom. The molecule has 0 aliphatic rings. The van der Waals surface area contributed by atoms with Gasteiger partial charge >= 0.3 is 0 Å². The summed E-state index contributed by atoms with van der Waals surface area (Å²) in [6.45, 7) is 1.98. The third-order valence-electron chi connectivity index (χ3n) is 3.06. The van der Waals surface area contributed by atoms with Crippen LogP contribution in [0.2, 0.25) is 0 Å². The molecule has 0 atom stereocenters. The summed E-state index contributed by atoms with van der Waals surface area (Å²) in [6.07, 6.45) is 1.76. The van der Waals surface area contributed by atoms with Crippen molar-refractivity contribution in [2.45, 2.75) is 6.92 Å². The Bertz CT molecular complexity index is 801. The average molecular weight is 287 g/mol. The third-order valence-corrected chi connectivity index (χ3v) is 3.26. The number of nitrogens with one attached hydrogen (secondary N) is 2. The summed E-state index contributed by atoms with van der Waals surface area (Å²) < 4.78 is 7.49. The van der Waals surface area contributed by atoms with Crippen LogP contribution >= 0.6 is 12.2 Å². The van der Waals surface area contributed by atoms with E-state index in [-0.39, 0.29) is 0 Å². The molecule has 7 heteroatoms. The van der Waals surface area contributed by atoms with Crippen molar-refractivity contribution in [2.24, 2.45) is 0 Å². The van der Waals surface area contributed by atoms with E-state index in [9.17, 15) is 0 Å². The number of hydrogen-bond acceptors (Lipinski definition) is 4. The molecule has 3 rings (SSSR count). The molecule has 2 N–H and O–H groups in total. The Morgan fingerprint density at radius 3 is 2.85 bits per heavy atom. The highest BCUT2D eigenvalue weighted by atomic mass is 32.1. The molecule has 0 radical (unpaired) electrons. The number of methoxy groups -OCH3 is 1. The van der Waals surface area contributed by atoms with Crippen molar-refractivity contribution in [1.82, 2.24) is 25.0 Å². The Hall–Kier alpha value is -2.41. The fraction of sp³-hybridized carbons (Fsp3) is 0.154. The van der Waals surface area contributed by atoms with E-state index in [1.54, 1.807) is 13.3 Å². The minimum Gasteiger partial charge on any atom is -0.497 e. The minimum atomic E-state index is 0.425. The molecule has 6 nitrogen and oxygen atoms in total. The van der Waals surface area contributed by atoms with Crippen molar-refractivity contribution in [3.8, 4) is 22.8 Å². The zero-order valence-electron chi connectivity index (χ0n) is 11.0. The highest BCUT2D eigenvalue weighted by Crippen LogP contribution is 2.23. The summed E-state index contributed by atoms with van der Waals surface area (Å²) >= 11 is 4.97. The highest BCUT2D eigenvalue weighted by Gasteiger charge is 2.12. The zero-order chi connectivity index (χ0) is 14.1. The minimum absolute atomic E-state index is 0.425. The lowest BCUT2D eigenvalue weighted by Gasteiger charge is -2.06. The van der Waals surface area contributed by atoms with Gasteiger partial charge in [0.15, 0.2) is 5.82 Å². The van der Waals surface area contributed by atoms with Gasteiger partial charge in [-0.05, 0) is 31.3 Å². The number of rotatable bonds is 3. The summed E-state index contributed by atoms with van der Waals surface area (Å²) in [4.78, 5) is 4.21. The van der Waals surface area contributed by atoms with Crippen LogP contribution in [0.1, 0.15) is 5.69 Å². The number of aromatic amines is 2. The van der Waals surface area contributed by atoms with Gasteiger partial charge in [-0.3, -0.25) is 10.2 Å². The Kier molecular flexibility index (Phi) is 3.11. The number of ether oxygens (including phenoxy) is 1. The molecule has 0 aliphatic heterocycles. The molecule has 0 saturated carbocycles. The Balaban J connectivity index is 2.08. The second-order valence-corrected chi connectivity index (χ2v) is 4.66. The second kappa shape index (κ2) is 4.93. The summed E-state index contributed by atoms with van der Waals surface area (Å²) in [7, 11) is 1.64.